The number of hydrogen-bond donors (Lipinski definition) is 1. The van der Waals surface area contributed by atoms with Crippen molar-refractivity contribution in [2.24, 2.45) is 0 Å². The number of fused-ring (bicyclic) bond motifs is 2. The first-order valence-corrected chi connectivity index (χ1v) is 9.97. The molecular formula is C22H18FN5O4. The summed E-state index contributed by atoms with van der Waals surface area (Å²) in [7, 11) is 0. The van der Waals surface area contributed by atoms with Crippen LogP contribution in [0.1, 0.15) is 6.42 Å². The van der Waals surface area contributed by atoms with E-state index in [-0.39, 0.29) is 30.2 Å². The Morgan fingerprint density at radius 1 is 1.09 bits per heavy atom. The molecule has 9 nitrogen and oxygen atoms in total. The monoisotopic (exact) mass is 435 g/mol. The molecule has 5 rings (SSSR count). The molecule has 1 aliphatic rings. The summed E-state index contributed by atoms with van der Waals surface area (Å²) < 4.78 is 27.0. The maximum atomic E-state index is 13.2. The van der Waals surface area contributed by atoms with Crippen LogP contribution in [0.3, 0.4) is 0 Å². The molecule has 0 unspecified atom stereocenters. The number of anilines is 1. The lowest BCUT2D eigenvalue weighted by Crippen LogP contribution is -2.23. The highest BCUT2D eigenvalue weighted by Crippen LogP contribution is 2.32. The number of ether oxygens (including phenoxy) is 2. The molecule has 0 radical (unpaired) electrons. The lowest BCUT2D eigenvalue weighted by Gasteiger charge is -2.19. The van der Waals surface area contributed by atoms with E-state index in [0.717, 1.165) is 0 Å². The van der Waals surface area contributed by atoms with Crippen molar-refractivity contribution in [3.05, 3.63) is 71.2 Å². The van der Waals surface area contributed by atoms with Crippen molar-refractivity contribution in [3.8, 4) is 17.2 Å². The molecule has 0 aliphatic carbocycles. The number of benzene rings is 2. The van der Waals surface area contributed by atoms with Gasteiger partial charge in [0.05, 0.1) is 18.2 Å². The van der Waals surface area contributed by atoms with Crippen LogP contribution in [0.15, 0.2) is 59.8 Å². The van der Waals surface area contributed by atoms with Crippen molar-refractivity contribution in [2.45, 2.75) is 13.0 Å². The molecule has 2 aromatic carbocycles. The Labute approximate surface area is 181 Å². The zero-order valence-corrected chi connectivity index (χ0v) is 16.8. The quantitative estimate of drug-likeness (QED) is 0.517. The van der Waals surface area contributed by atoms with Gasteiger partial charge < -0.3 is 14.8 Å². The average Bonchev–Trinajstić information content (AvgIpc) is 3.24. The molecule has 0 spiro atoms. The molecule has 4 aromatic rings. The van der Waals surface area contributed by atoms with Crippen molar-refractivity contribution in [3.63, 3.8) is 0 Å². The summed E-state index contributed by atoms with van der Waals surface area (Å²) in [5.74, 6) is 0.602. The molecule has 2 aromatic heterocycles. The number of nitrogens with one attached hydrogen (secondary N) is 1. The van der Waals surface area contributed by atoms with Crippen molar-refractivity contribution in [1.82, 2.24) is 19.3 Å². The molecule has 0 bridgehead atoms. The smallest absolute Gasteiger partial charge is 0.264 e. The van der Waals surface area contributed by atoms with Crippen LogP contribution >= 0.6 is 0 Å². The summed E-state index contributed by atoms with van der Waals surface area (Å²) >= 11 is 0. The van der Waals surface area contributed by atoms with E-state index in [1.807, 2.05) is 0 Å². The minimum atomic E-state index is -0.366. The first-order chi connectivity index (χ1) is 15.6. The Hall–Kier alpha value is -4.21. The van der Waals surface area contributed by atoms with E-state index < -0.39 is 0 Å². The SMILES string of the molecule is O=C(CCn1cnc2c(cnn2-c2ccc(F)cc2)c1=O)Nc1ccc2c(c1)OCCO2. The minimum absolute atomic E-state index is 0.0770. The second kappa shape index (κ2) is 8.14. The third-order valence-corrected chi connectivity index (χ3v) is 5.03. The predicted molar refractivity (Wildman–Crippen MR) is 114 cm³/mol. The summed E-state index contributed by atoms with van der Waals surface area (Å²) in [5.41, 5.74) is 1.22. The number of nitrogens with zero attached hydrogens (tertiary/aromatic N) is 4. The topological polar surface area (TPSA) is 100 Å². The van der Waals surface area contributed by atoms with Crippen LogP contribution in [0.4, 0.5) is 10.1 Å². The lowest BCUT2D eigenvalue weighted by molar-refractivity contribution is -0.116. The first-order valence-electron chi connectivity index (χ1n) is 9.97. The Kier molecular flexibility index (Phi) is 5.02. The van der Waals surface area contributed by atoms with E-state index in [1.165, 1.54) is 33.9 Å². The van der Waals surface area contributed by atoms with Crippen LogP contribution in [0.2, 0.25) is 0 Å². The van der Waals surface area contributed by atoms with Gasteiger partial charge in [-0.1, -0.05) is 0 Å². The molecule has 1 aliphatic heterocycles. The van der Waals surface area contributed by atoms with Crippen molar-refractivity contribution < 1.29 is 18.7 Å². The second-order valence-corrected chi connectivity index (χ2v) is 7.17. The largest absolute Gasteiger partial charge is 0.486 e. The van der Waals surface area contributed by atoms with Gasteiger partial charge in [-0.15, -0.1) is 0 Å². The molecule has 0 fully saturated rings. The zero-order chi connectivity index (χ0) is 22.1. The molecule has 1 amide bonds. The predicted octanol–water partition coefficient (Wildman–Crippen LogP) is 2.52. The van der Waals surface area contributed by atoms with Gasteiger partial charge >= 0.3 is 0 Å². The summed E-state index contributed by atoms with van der Waals surface area (Å²) in [6.45, 7) is 1.11. The third-order valence-electron chi connectivity index (χ3n) is 5.03. The van der Waals surface area contributed by atoms with Gasteiger partial charge in [0, 0.05) is 24.7 Å². The summed E-state index contributed by atoms with van der Waals surface area (Å²) in [6, 6.07) is 10.9. The van der Waals surface area contributed by atoms with E-state index >= 15 is 0 Å². The summed E-state index contributed by atoms with van der Waals surface area (Å²) in [4.78, 5) is 29.5. The molecular weight excluding hydrogens is 417 g/mol. The summed E-state index contributed by atoms with van der Waals surface area (Å²) in [5, 5.41) is 7.30. The van der Waals surface area contributed by atoms with Crippen LogP contribution in [0, 0.1) is 5.82 Å². The lowest BCUT2D eigenvalue weighted by atomic mass is 10.2. The van der Waals surface area contributed by atoms with Gasteiger partial charge in [0.25, 0.3) is 5.56 Å². The molecule has 1 N–H and O–H groups in total. The molecule has 162 valence electrons. The first kappa shape index (κ1) is 19.7. The Balaban J connectivity index is 1.29. The zero-order valence-electron chi connectivity index (χ0n) is 16.8. The maximum absolute atomic E-state index is 13.2. The fourth-order valence-electron chi connectivity index (χ4n) is 3.45. The van der Waals surface area contributed by atoms with Crippen LogP contribution in [-0.2, 0) is 11.3 Å². The number of halogens is 1. The van der Waals surface area contributed by atoms with Crippen molar-refractivity contribution in [2.75, 3.05) is 18.5 Å². The van der Waals surface area contributed by atoms with Crippen LogP contribution in [0.25, 0.3) is 16.7 Å². The van der Waals surface area contributed by atoms with Crippen molar-refractivity contribution in [1.29, 1.82) is 0 Å². The van der Waals surface area contributed by atoms with Crippen molar-refractivity contribution >= 4 is 22.6 Å². The minimum Gasteiger partial charge on any atom is -0.486 e. The van der Waals surface area contributed by atoms with E-state index in [1.54, 1.807) is 30.3 Å². The molecule has 3 heterocycles. The van der Waals surface area contributed by atoms with Gasteiger partial charge in [-0.3, -0.25) is 14.2 Å². The number of rotatable bonds is 5. The maximum Gasteiger partial charge on any atom is 0.264 e. The van der Waals surface area contributed by atoms with E-state index in [2.05, 4.69) is 15.4 Å². The number of aromatic nitrogens is 4. The van der Waals surface area contributed by atoms with Crippen LogP contribution in [-0.4, -0.2) is 38.5 Å². The third kappa shape index (κ3) is 3.78. The van der Waals surface area contributed by atoms with E-state index in [4.69, 9.17) is 9.47 Å². The number of carbonyl (C=O) groups is 1. The fourth-order valence-corrected chi connectivity index (χ4v) is 3.45. The molecule has 10 heteroatoms. The van der Waals surface area contributed by atoms with Gasteiger partial charge in [-0.05, 0) is 36.4 Å². The van der Waals surface area contributed by atoms with E-state index in [0.29, 0.717) is 47.1 Å². The Morgan fingerprint density at radius 3 is 2.69 bits per heavy atom. The Bertz CT molecular complexity index is 1360. The normalized spacial score (nSPS) is 12.7. The number of hydrogen-bond acceptors (Lipinski definition) is 6. The van der Waals surface area contributed by atoms with Gasteiger partial charge in [-0.2, -0.15) is 5.10 Å². The van der Waals surface area contributed by atoms with Gasteiger partial charge in [0.2, 0.25) is 5.91 Å². The average molecular weight is 435 g/mol. The fraction of sp³-hybridized carbons (Fsp3) is 0.182. The highest BCUT2D eigenvalue weighted by molar-refractivity contribution is 5.91. The number of carbonyl (C=O) groups excluding carboxylic acids is 1. The highest BCUT2D eigenvalue weighted by Gasteiger charge is 2.14. The van der Waals surface area contributed by atoms with Crippen LogP contribution in [0.5, 0.6) is 11.5 Å². The molecule has 0 saturated carbocycles. The molecule has 32 heavy (non-hydrogen) atoms. The number of aryl methyl sites for hydroxylation is 1. The second-order valence-electron chi connectivity index (χ2n) is 7.17. The standard InChI is InChI=1S/C22H18FN5O4/c23-14-1-4-16(5-2-14)28-21-17(12-25-28)22(30)27(13-24-21)8-7-20(29)26-15-3-6-18-19(11-15)32-10-9-31-18/h1-6,11-13H,7-10H2,(H,26,29). The summed E-state index contributed by atoms with van der Waals surface area (Å²) in [6.07, 6.45) is 2.87. The van der Waals surface area contributed by atoms with Gasteiger partial charge in [0.15, 0.2) is 17.1 Å². The van der Waals surface area contributed by atoms with Gasteiger partial charge in [-0.25, -0.2) is 14.1 Å². The van der Waals surface area contributed by atoms with Gasteiger partial charge in [0.1, 0.15) is 24.4 Å². The molecule has 0 saturated heterocycles. The Morgan fingerprint density at radius 2 is 1.88 bits per heavy atom. The number of amides is 1. The van der Waals surface area contributed by atoms with E-state index in [9.17, 15) is 14.0 Å². The highest BCUT2D eigenvalue weighted by atomic mass is 19.1. The van der Waals surface area contributed by atoms with Crippen LogP contribution < -0.4 is 20.3 Å². The molecule has 0 atom stereocenters.